The van der Waals surface area contributed by atoms with Gasteiger partial charge in [-0.05, 0) is 98.0 Å². The van der Waals surface area contributed by atoms with Crippen molar-refractivity contribution in [1.82, 2.24) is 87.2 Å². The van der Waals surface area contributed by atoms with Crippen molar-refractivity contribution in [3.05, 3.63) is 133 Å². The van der Waals surface area contributed by atoms with Gasteiger partial charge in [-0.3, -0.25) is 66.5 Å². The number of rotatable bonds is 35. The Hall–Kier alpha value is -6.37. The number of nitrogen functional groups attached to an aromatic ring is 4. The maximum absolute atomic E-state index is 13.5. The maximum Gasteiger partial charge on any atom is 0.351 e. The van der Waals surface area contributed by atoms with Gasteiger partial charge in [-0.15, -0.1) is 0 Å². The van der Waals surface area contributed by atoms with Crippen LogP contribution in [0.4, 0.5) is 23.5 Å². The first-order valence-electron chi connectivity index (χ1n) is 38.0. The molecule has 0 radical (unpaired) electrons. The second kappa shape index (κ2) is 37.9. The number of nitrogens with two attached hydrogens (primary N) is 4. The lowest BCUT2D eigenvalue weighted by molar-refractivity contribution is -0.0564. The van der Waals surface area contributed by atoms with Crippen LogP contribution in [0.25, 0.3) is 33.5 Å². The molecule has 53 nitrogen and oxygen atoms in total. The topological polar surface area (TPSA) is 707 Å². The Morgan fingerprint density at radius 1 is 0.386 bits per heavy atom. The number of aromatic amines is 4. The molecule has 9 aromatic heterocycles. The van der Waals surface area contributed by atoms with E-state index in [0.717, 1.165) is 16.2 Å². The predicted octanol–water partition coefficient (Wildman–Crippen LogP) is 0.180. The van der Waals surface area contributed by atoms with Crippen LogP contribution in [0.15, 0.2) is 77.5 Å². The fourth-order valence-electron chi connectivity index (χ4n) is 14.8. The van der Waals surface area contributed by atoms with Crippen molar-refractivity contribution in [1.29, 1.82) is 0 Å². The Morgan fingerprint density at radius 2 is 0.693 bits per heavy atom. The van der Waals surface area contributed by atoms with Crippen LogP contribution in [-0.4, -0.2) is 230 Å². The summed E-state index contributed by atoms with van der Waals surface area (Å²) in [6, 6.07) is 0. The first-order valence-corrected chi connectivity index (χ1v) is 53.6. The molecule has 15 rings (SSSR count). The molecule has 692 valence electrons. The summed E-state index contributed by atoms with van der Waals surface area (Å²) < 4.78 is 117. The van der Waals surface area contributed by atoms with E-state index in [2.05, 4.69) is 59.8 Å². The molecule has 65 heteroatoms. The summed E-state index contributed by atoms with van der Waals surface area (Å²) in [6.07, 6.45) is -14.2. The number of fused-ring (bicyclic) bond motifs is 3. The van der Waals surface area contributed by atoms with Gasteiger partial charge in [0, 0.05) is 80.9 Å². The molecule has 0 saturated carbocycles. The Kier molecular flexibility index (Phi) is 28.5. The largest absolute Gasteiger partial charge is 0.383 e. The molecule has 15 heterocycles. The van der Waals surface area contributed by atoms with Crippen molar-refractivity contribution in [2.45, 2.75) is 183 Å². The molecule has 6 aliphatic heterocycles. The molecule has 6 fully saturated rings. The quantitative estimate of drug-likeness (QED) is 0.0236. The third kappa shape index (κ3) is 21.8. The number of imidazole rings is 3. The van der Waals surface area contributed by atoms with Crippen molar-refractivity contribution < 1.29 is 112 Å². The fourth-order valence-corrected chi connectivity index (χ4v) is 23.2. The van der Waals surface area contributed by atoms with Gasteiger partial charge >= 0.3 is 57.4 Å². The van der Waals surface area contributed by atoms with Crippen LogP contribution in [0, 0.1) is 20.8 Å². The zero-order chi connectivity index (χ0) is 91.1. The summed E-state index contributed by atoms with van der Waals surface area (Å²) in [7, 11) is 1.15. The van der Waals surface area contributed by atoms with Crippen molar-refractivity contribution in [2.75, 3.05) is 63.1 Å². The van der Waals surface area contributed by atoms with Crippen molar-refractivity contribution in [2.24, 2.45) is 0 Å². The SMILES string of the molecule is CC[C@H]1O[C@@H](n2cc(C)c(=O)[nH]c2=O)CC1OP(O)(=S)OC[C@H]1O[C@@H](n2cc(C)c(=O)[nH]c2=O)CC1OP(O)(=S)OC[C@H]1O[C@@H](n2cnc3c(=O)[nH]c(N)nc32)CC1OP(O)(=S)OC[C@H]1O[C@@H](n2cnc3c(=O)[nH]c(N)nc32)CC1OP(O)(=S)OC[C@H]1O[C@@H](n2cc(C)c(N)nc2=O)CC1OP(O)(=S)OC[C@H]1O[C@@H](n2cnc3c(N)ncnc32)CC1OP(O)(=S)OC. The van der Waals surface area contributed by atoms with Gasteiger partial charge in [0.25, 0.3) is 22.2 Å². The minimum absolute atomic E-state index is 0.00932. The highest BCUT2D eigenvalue weighted by molar-refractivity contribution is 8.08. The summed E-state index contributed by atoms with van der Waals surface area (Å²) in [6.45, 7) is -24.0. The van der Waals surface area contributed by atoms with E-state index in [1.165, 1.54) is 76.0 Å². The average Bonchev–Trinajstić information content (AvgIpc) is 1.64. The monoisotopic (exact) mass is 2010 g/mol. The molecule has 0 aliphatic carbocycles. The molecule has 12 unspecified atom stereocenters. The average molecular weight is 2010 g/mol. The van der Waals surface area contributed by atoms with Crippen molar-refractivity contribution in [3.8, 4) is 0 Å². The van der Waals surface area contributed by atoms with Crippen molar-refractivity contribution in [3.63, 3.8) is 0 Å². The molecule has 18 N–H and O–H groups in total. The van der Waals surface area contributed by atoms with E-state index in [0.29, 0.717) is 12.0 Å². The highest BCUT2D eigenvalue weighted by atomic mass is 32.5. The van der Waals surface area contributed by atoms with Gasteiger partial charge in [-0.25, -0.2) is 39.3 Å². The van der Waals surface area contributed by atoms with E-state index < -0.39 is 223 Å². The number of ether oxygens (including phenoxy) is 6. The van der Waals surface area contributed by atoms with Gasteiger partial charge in [0.05, 0.1) is 94.7 Å². The van der Waals surface area contributed by atoms with Gasteiger partial charge in [0.15, 0.2) is 33.8 Å². The molecule has 0 spiro atoms. The first-order chi connectivity index (χ1) is 59.9. The summed E-state index contributed by atoms with van der Waals surface area (Å²) in [5.41, 5.74) is 19.4. The van der Waals surface area contributed by atoms with E-state index in [1.807, 2.05) is 0 Å². The number of anilines is 4. The highest BCUT2D eigenvalue weighted by Crippen LogP contribution is 2.58. The lowest BCUT2D eigenvalue weighted by Crippen LogP contribution is -2.33. The standard InChI is InChI=1S/C62H82N22O31P6S6/c1-6-28-29(7-40(104-28)80-14-26(3)54(85)77-61(80)90)111-117(93,123)99-17-37-32(9-42(106-37)81-15-27(4)55(86)78-62(81)91)113-119(95,125)102-19-38-34(12-45(108-38)84-24-71-48-53(84)74-59(66)76-57(48)88)115-121(97,127)103-20-39-33(11-44(109-39)83-23-70-47-52(83)73-58(65)75-56(47)87)114-120(96,126)101-18-36-31(8-41(105-36)79-13-25(2)49(63)72-60(79)89)112-118(94,124)100-16-35-30(110-116(92,122)98-5)10-43(107-35)82-22-69-46-50(64)67-21-68-51(46)82/h13-15,21-24,28-45H,6-12,16-20H2,1-5H3,(H,92,122)(H,93,123)(H,94,124)(H,95,125)(H,96,126)(H,97,127)(H2,63,72,89)(H2,64,67,68)(H,77,85,90)(H,78,86,91)(H3,65,73,75,87)(H3,66,74,76,88)/t28-,29?,30?,31?,32?,33?,34?,35-,36-,37-,38-,39-,40-,41-,42-,43-,44-,45-,116?,117?,118?,119?,120?,121?/m1/s1. The second-order valence-electron chi connectivity index (χ2n) is 29.5. The van der Waals surface area contributed by atoms with Gasteiger partial charge in [0.1, 0.15) is 85.5 Å². The fraction of sp³-hybridized carbons (Fsp3) is 0.565. The summed E-state index contributed by atoms with van der Waals surface area (Å²) in [5, 5.41) is 0. The minimum Gasteiger partial charge on any atom is -0.383 e. The Bertz CT molecular complexity index is 6460. The Labute approximate surface area is 742 Å². The third-order valence-corrected chi connectivity index (χ3v) is 30.6. The zero-order valence-electron chi connectivity index (χ0n) is 66.5. The minimum atomic E-state index is -4.71. The smallest absolute Gasteiger partial charge is 0.351 e. The van der Waals surface area contributed by atoms with Crippen LogP contribution in [0.3, 0.4) is 0 Å². The highest BCUT2D eigenvalue weighted by Gasteiger charge is 2.51. The van der Waals surface area contributed by atoms with Gasteiger partial charge < -0.3 is 135 Å². The summed E-state index contributed by atoms with van der Waals surface area (Å²) in [5.74, 6) is -0.626. The number of nitrogens with one attached hydrogen (secondary N) is 4. The molecule has 0 aromatic carbocycles. The van der Waals surface area contributed by atoms with E-state index in [-0.39, 0.29) is 107 Å². The number of hydrogen-bond acceptors (Lipinski definition) is 43. The lowest BCUT2D eigenvalue weighted by Gasteiger charge is -2.28. The molecule has 24 atom stereocenters. The van der Waals surface area contributed by atoms with E-state index in [9.17, 15) is 62.9 Å². The van der Waals surface area contributed by atoms with Crippen LogP contribution in [-0.2, 0) is 154 Å². The molecule has 6 saturated heterocycles. The maximum atomic E-state index is 13.5. The second-order valence-corrected chi connectivity index (χ2v) is 46.4. The van der Waals surface area contributed by atoms with Crippen LogP contribution >= 0.6 is 40.3 Å². The number of aromatic nitrogens is 18. The summed E-state index contributed by atoms with van der Waals surface area (Å²) in [4.78, 5) is 204. The normalized spacial score (nSPS) is 29.2. The van der Waals surface area contributed by atoms with Crippen LogP contribution < -0.4 is 62.2 Å². The van der Waals surface area contributed by atoms with E-state index in [4.69, 9.17) is 176 Å². The molecule has 6 aliphatic rings. The first kappa shape index (κ1) is 95.2. The van der Waals surface area contributed by atoms with Gasteiger partial charge in [0.2, 0.25) is 11.9 Å². The molecule has 0 amide bonds. The van der Waals surface area contributed by atoms with Gasteiger partial charge in [-0.2, -0.15) is 15.0 Å². The van der Waals surface area contributed by atoms with E-state index >= 15 is 0 Å². The van der Waals surface area contributed by atoms with Crippen LogP contribution in [0.2, 0.25) is 0 Å². The van der Waals surface area contributed by atoms with Crippen LogP contribution in [0.1, 0.15) is 106 Å². The molecule has 127 heavy (non-hydrogen) atoms. The number of aryl methyl sites for hydroxylation is 3. The van der Waals surface area contributed by atoms with Crippen molar-refractivity contribution >= 4 is 168 Å². The zero-order valence-corrected chi connectivity index (χ0v) is 76.8. The Balaban J connectivity index is 0.649. The van der Waals surface area contributed by atoms with E-state index in [1.54, 1.807) is 13.8 Å². The number of hydrogen-bond donors (Lipinski definition) is 14. The van der Waals surface area contributed by atoms with Crippen LogP contribution in [0.5, 0.6) is 0 Å². The molecule has 9 aromatic rings. The molecular weight excluding hydrogens is 1930 g/mol. The number of H-pyrrole nitrogens is 4. The van der Waals surface area contributed by atoms with Gasteiger partial charge in [-0.1, -0.05) is 6.92 Å². The third-order valence-electron chi connectivity index (χ3n) is 21.0. The Morgan fingerprint density at radius 3 is 1.05 bits per heavy atom. The predicted molar refractivity (Wildman–Crippen MR) is 461 cm³/mol. The molecular formula is C62H82N22O31P6S6. The molecule has 0 bridgehead atoms. The summed E-state index contributed by atoms with van der Waals surface area (Å²) >= 11 is 33.3. The number of nitrogens with zero attached hydrogens (tertiary/aromatic N) is 14. The lowest BCUT2D eigenvalue weighted by atomic mass is 10.1.